The first-order valence-electron chi connectivity index (χ1n) is 8.23. The molecule has 0 saturated carbocycles. The smallest absolute Gasteiger partial charge is 0.475 e. The quantitative estimate of drug-likeness (QED) is 0.711. The second kappa shape index (κ2) is 10.3. The number of hydrogen-bond acceptors (Lipinski definition) is 6. The van der Waals surface area contributed by atoms with Gasteiger partial charge in [0.1, 0.15) is 5.82 Å². The van der Waals surface area contributed by atoms with Gasteiger partial charge in [-0.3, -0.25) is 0 Å². The largest absolute Gasteiger partial charge is 0.490 e. The summed E-state index contributed by atoms with van der Waals surface area (Å²) in [6.07, 6.45) is -9.43. The molecule has 0 radical (unpaired) electrons. The molecule has 1 aromatic rings. The fraction of sp³-hybridized carbons (Fsp3) is 0.667. The normalized spacial score (nSPS) is 14.9. The Kier molecular flexibility index (Phi) is 8.72. The van der Waals surface area contributed by atoms with Crippen LogP contribution in [0.1, 0.15) is 19.0 Å². The number of halogens is 6. The topological polar surface area (TPSA) is 87.6 Å². The number of carboxylic acid groups (broad SMARTS) is 1. The molecule has 2 rings (SSSR count). The summed E-state index contributed by atoms with van der Waals surface area (Å²) in [4.78, 5) is 19.6. The van der Waals surface area contributed by atoms with E-state index < -0.39 is 24.7 Å². The molecule has 0 aliphatic carbocycles. The Morgan fingerprint density at radius 2 is 1.79 bits per heavy atom. The molecular formula is C15H20F6N4O3. The zero-order valence-electron chi connectivity index (χ0n) is 14.9. The van der Waals surface area contributed by atoms with E-state index in [9.17, 15) is 26.3 Å². The molecule has 0 aromatic carbocycles. The van der Waals surface area contributed by atoms with Crippen molar-refractivity contribution >= 4 is 17.7 Å². The van der Waals surface area contributed by atoms with Gasteiger partial charge in [0.05, 0.1) is 19.6 Å². The van der Waals surface area contributed by atoms with Gasteiger partial charge < -0.3 is 20.1 Å². The Morgan fingerprint density at radius 1 is 1.21 bits per heavy atom. The van der Waals surface area contributed by atoms with Crippen LogP contribution < -0.4 is 10.2 Å². The predicted octanol–water partition coefficient (Wildman–Crippen LogP) is 2.87. The standard InChI is InChI=1S/C13H19F3N4O.C2HF3O2/c1-2-10-9-11(17-4-3-13(14,15)16)19-12(18-10)20-5-7-21-8-6-20;3-2(4,5)1(6)7/h9H,2-8H2,1H3,(H,17,18,19);(H,6,7). The summed E-state index contributed by atoms with van der Waals surface area (Å²) >= 11 is 0. The fourth-order valence-corrected chi connectivity index (χ4v) is 1.99. The van der Waals surface area contributed by atoms with Crippen molar-refractivity contribution in [2.75, 3.05) is 43.1 Å². The third kappa shape index (κ3) is 9.06. The molecule has 1 aliphatic rings. The van der Waals surface area contributed by atoms with Gasteiger partial charge in [-0.05, 0) is 6.42 Å². The van der Waals surface area contributed by atoms with E-state index in [0.29, 0.717) is 44.5 Å². The van der Waals surface area contributed by atoms with Crippen LogP contribution in [0.5, 0.6) is 0 Å². The molecule has 7 nitrogen and oxygen atoms in total. The third-order valence-electron chi connectivity index (χ3n) is 3.38. The van der Waals surface area contributed by atoms with E-state index in [4.69, 9.17) is 14.6 Å². The minimum atomic E-state index is -5.08. The summed E-state index contributed by atoms with van der Waals surface area (Å²) in [5.74, 6) is -1.77. The van der Waals surface area contributed by atoms with E-state index in [-0.39, 0.29) is 6.54 Å². The molecule has 13 heteroatoms. The number of carbonyl (C=O) groups is 1. The lowest BCUT2D eigenvalue weighted by Gasteiger charge is -2.27. The highest BCUT2D eigenvalue weighted by atomic mass is 19.4. The number of nitrogens with one attached hydrogen (secondary N) is 1. The molecule has 1 fully saturated rings. The Bertz CT molecular complexity index is 633. The molecular weight excluding hydrogens is 398 g/mol. The predicted molar refractivity (Wildman–Crippen MR) is 87.3 cm³/mol. The Balaban J connectivity index is 0.000000480. The van der Waals surface area contributed by atoms with E-state index >= 15 is 0 Å². The number of aryl methyl sites for hydroxylation is 1. The number of alkyl halides is 6. The molecule has 2 N–H and O–H groups in total. The number of hydrogen-bond donors (Lipinski definition) is 2. The van der Waals surface area contributed by atoms with Gasteiger partial charge in [-0.2, -0.15) is 31.3 Å². The van der Waals surface area contributed by atoms with Crippen LogP contribution in [0.4, 0.5) is 38.1 Å². The highest BCUT2D eigenvalue weighted by Crippen LogP contribution is 2.20. The average Bonchev–Trinajstić information content (AvgIpc) is 2.61. The molecule has 1 aliphatic heterocycles. The van der Waals surface area contributed by atoms with E-state index in [1.807, 2.05) is 11.8 Å². The van der Waals surface area contributed by atoms with Crippen LogP contribution in [0.3, 0.4) is 0 Å². The number of aliphatic carboxylic acids is 1. The van der Waals surface area contributed by atoms with Crippen LogP contribution in [0.15, 0.2) is 6.07 Å². The van der Waals surface area contributed by atoms with Crippen LogP contribution in [0.25, 0.3) is 0 Å². The molecule has 0 unspecified atom stereocenters. The highest BCUT2D eigenvalue weighted by molar-refractivity contribution is 5.73. The van der Waals surface area contributed by atoms with Crippen molar-refractivity contribution in [2.45, 2.75) is 32.1 Å². The van der Waals surface area contributed by atoms with Crippen LogP contribution in [-0.4, -0.2) is 66.2 Å². The van der Waals surface area contributed by atoms with E-state index in [0.717, 1.165) is 5.69 Å². The summed E-state index contributed by atoms with van der Waals surface area (Å²) in [5, 5.41) is 9.85. The van der Waals surface area contributed by atoms with Crippen LogP contribution >= 0.6 is 0 Å². The molecule has 1 aromatic heterocycles. The number of rotatable bonds is 5. The Hall–Kier alpha value is -2.31. The minimum absolute atomic E-state index is 0.188. The molecule has 160 valence electrons. The van der Waals surface area contributed by atoms with Gasteiger partial charge in [-0.1, -0.05) is 6.92 Å². The van der Waals surface area contributed by atoms with Crippen molar-refractivity contribution in [3.63, 3.8) is 0 Å². The number of nitrogens with zero attached hydrogens (tertiary/aromatic N) is 3. The zero-order valence-corrected chi connectivity index (χ0v) is 14.9. The molecule has 1 saturated heterocycles. The first-order chi connectivity index (χ1) is 12.9. The fourth-order valence-electron chi connectivity index (χ4n) is 1.99. The lowest BCUT2D eigenvalue weighted by molar-refractivity contribution is -0.192. The number of carboxylic acids is 1. The lowest BCUT2D eigenvalue weighted by Crippen LogP contribution is -2.37. The third-order valence-corrected chi connectivity index (χ3v) is 3.38. The number of ether oxygens (including phenoxy) is 1. The van der Waals surface area contributed by atoms with Gasteiger partial charge in [-0.25, -0.2) is 9.78 Å². The van der Waals surface area contributed by atoms with E-state index in [1.54, 1.807) is 6.07 Å². The van der Waals surface area contributed by atoms with Gasteiger partial charge in [0.2, 0.25) is 5.95 Å². The maximum absolute atomic E-state index is 12.2. The van der Waals surface area contributed by atoms with Crippen LogP contribution in [-0.2, 0) is 16.0 Å². The summed E-state index contributed by atoms with van der Waals surface area (Å²) in [6, 6.07) is 1.69. The molecule has 0 spiro atoms. The summed E-state index contributed by atoms with van der Waals surface area (Å²) in [7, 11) is 0. The maximum Gasteiger partial charge on any atom is 0.490 e. The minimum Gasteiger partial charge on any atom is -0.475 e. The second-order valence-electron chi connectivity index (χ2n) is 5.59. The maximum atomic E-state index is 12.2. The van der Waals surface area contributed by atoms with Crippen molar-refractivity contribution < 1.29 is 41.0 Å². The molecule has 0 atom stereocenters. The highest BCUT2D eigenvalue weighted by Gasteiger charge is 2.38. The van der Waals surface area contributed by atoms with Crippen molar-refractivity contribution in [1.29, 1.82) is 0 Å². The molecule has 0 bridgehead atoms. The van der Waals surface area contributed by atoms with Gasteiger partial charge in [-0.15, -0.1) is 0 Å². The van der Waals surface area contributed by atoms with Crippen molar-refractivity contribution in [2.24, 2.45) is 0 Å². The van der Waals surface area contributed by atoms with Crippen LogP contribution in [0.2, 0.25) is 0 Å². The van der Waals surface area contributed by atoms with Gasteiger partial charge in [0.15, 0.2) is 0 Å². The first-order valence-corrected chi connectivity index (χ1v) is 8.23. The van der Waals surface area contributed by atoms with Crippen LogP contribution in [0, 0.1) is 0 Å². The summed E-state index contributed by atoms with van der Waals surface area (Å²) in [6.45, 7) is 4.36. The Morgan fingerprint density at radius 3 is 2.25 bits per heavy atom. The zero-order chi connectivity index (χ0) is 21.4. The van der Waals surface area contributed by atoms with E-state index in [1.165, 1.54) is 0 Å². The number of morpholine rings is 1. The number of anilines is 2. The first kappa shape index (κ1) is 23.7. The SMILES string of the molecule is CCc1cc(NCCC(F)(F)F)nc(N2CCOCC2)n1.O=C(O)C(F)(F)F. The van der Waals surface area contributed by atoms with Crippen molar-refractivity contribution in [3.8, 4) is 0 Å². The number of aromatic nitrogens is 2. The second-order valence-corrected chi connectivity index (χ2v) is 5.59. The lowest BCUT2D eigenvalue weighted by atomic mass is 10.3. The summed E-state index contributed by atoms with van der Waals surface area (Å²) in [5.41, 5.74) is 0.806. The van der Waals surface area contributed by atoms with Crippen molar-refractivity contribution in [1.82, 2.24) is 9.97 Å². The van der Waals surface area contributed by atoms with Crippen molar-refractivity contribution in [3.05, 3.63) is 11.8 Å². The average molecular weight is 418 g/mol. The monoisotopic (exact) mass is 418 g/mol. The van der Waals surface area contributed by atoms with E-state index in [2.05, 4.69) is 15.3 Å². The molecule has 0 amide bonds. The van der Waals surface area contributed by atoms with Gasteiger partial charge in [0, 0.05) is 31.4 Å². The van der Waals surface area contributed by atoms with Gasteiger partial charge >= 0.3 is 18.3 Å². The molecule has 2 heterocycles. The molecule has 28 heavy (non-hydrogen) atoms. The van der Waals surface area contributed by atoms with Gasteiger partial charge in [0.25, 0.3) is 0 Å². The Labute approximate surface area is 156 Å². The summed E-state index contributed by atoms with van der Waals surface area (Å²) < 4.78 is 73.5.